The lowest BCUT2D eigenvalue weighted by atomic mass is 10.1. The minimum absolute atomic E-state index is 0.169. The summed E-state index contributed by atoms with van der Waals surface area (Å²) in [4.78, 5) is 43.4. The van der Waals surface area contributed by atoms with Crippen LogP contribution in [0.2, 0.25) is 0 Å². The molecule has 0 aliphatic carbocycles. The number of nitrogens with zero attached hydrogens (tertiary/aromatic N) is 2. The van der Waals surface area contributed by atoms with Crippen LogP contribution in [-0.4, -0.2) is 28.5 Å². The lowest BCUT2D eigenvalue weighted by molar-refractivity contribution is 0.0601. The predicted octanol–water partition coefficient (Wildman–Crippen LogP) is 4.41. The number of rotatable bonds is 4. The van der Waals surface area contributed by atoms with E-state index in [0.717, 1.165) is 10.4 Å². The molecule has 0 aliphatic heterocycles. The highest BCUT2D eigenvalue weighted by Gasteiger charge is 2.22. The molecule has 2 aromatic carbocycles. The van der Waals surface area contributed by atoms with Gasteiger partial charge in [-0.1, -0.05) is 12.1 Å². The highest BCUT2D eigenvalue weighted by molar-refractivity contribution is 7.16. The Hall–Kier alpha value is -3.78. The molecule has 0 saturated carbocycles. The molecule has 0 unspecified atom stereocenters. The van der Waals surface area contributed by atoms with E-state index in [2.05, 4.69) is 10.3 Å². The fourth-order valence-electron chi connectivity index (χ4n) is 3.55. The molecule has 0 fully saturated rings. The second-order valence-electron chi connectivity index (χ2n) is 7.30. The van der Waals surface area contributed by atoms with Crippen molar-refractivity contribution in [1.82, 2.24) is 9.55 Å². The zero-order valence-corrected chi connectivity index (χ0v) is 18.9. The molecule has 1 amide bonds. The van der Waals surface area contributed by atoms with Crippen LogP contribution in [0.5, 0.6) is 0 Å². The summed E-state index contributed by atoms with van der Waals surface area (Å²) in [6.45, 7) is 5.47. The molecule has 32 heavy (non-hydrogen) atoms. The van der Waals surface area contributed by atoms with Gasteiger partial charge < -0.3 is 10.1 Å². The number of carbonyl (C=O) groups excluding carboxylic acids is 2. The normalized spacial score (nSPS) is 10.9. The minimum Gasteiger partial charge on any atom is -0.465 e. The van der Waals surface area contributed by atoms with Gasteiger partial charge in [0.2, 0.25) is 0 Å². The first-order chi connectivity index (χ1) is 15.3. The Labute approximate surface area is 188 Å². The second-order valence-corrected chi connectivity index (χ2v) is 8.52. The number of para-hydroxylation sites is 1. The highest BCUT2D eigenvalue weighted by atomic mass is 32.1. The van der Waals surface area contributed by atoms with Crippen molar-refractivity contribution < 1.29 is 14.3 Å². The fraction of sp³-hybridized carbons (Fsp3) is 0.167. The topological polar surface area (TPSA) is 90.3 Å². The van der Waals surface area contributed by atoms with Gasteiger partial charge in [-0.3, -0.25) is 14.2 Å². The van der Waals surface area contributed by atoms with Gasteiger partial charge in [-0.15, -0.1) is 11.3 Å². The van der Waals surface area contributed by atoms with Crippen LogP contribution in [0.4, 0.5) is 5.00 Å². The number of aromatic nitrogens is 2. The molecule has 1 N–H and O–H groups in total. The molecule has 0 aliphatic rings. The Balaban J connectivity index is 1.65. The van der Waals surface area contributed by atoms with Crippen LogP contribution in [-0.2, 0) is 4.74 Å². The second kappa shape index (κ2) is 8.39. The Bertz CT molecular complexity index is 1420. The third kappa shape index (κ3) is 3.69. The lowest BCUT2D eigenvalue weighted by Crippen LogP contribution is -2.22. The van der Waals surface area contributed by atoms with E-state index in [0.29, 0.717) is 38.5 Å². The third-order valence-corrected chi connectivity index (χ3v) is 6.46. The van der Waals surface area contributed by atoms with Crippen LogP contribution in [0.3, 0.4) is 0 Å². The van der Waals surface area contributed by atoms with E-state index < -0.39 is 5.97 Å². The predicted molar refractivity (Wildman–Crippen MR) is 125 cm³/mol. The van der Waals surface area contributed by atoms with Gasteiger partial charge in [0.15, 0.2) is 0 Å². The van der Waals surface area contributed by atoms with Gasteiger partial charge in [0.05, 0.1) is 29.3 Å². The maximum atomic E-state index is 13.0. The van der Waals surface area contributed by atoms with Gasteiger partial charge in [0, 0.05) is 10.4 Å². The van der Waals surface area contributed by atoms with Crippen molar-refractivity contribution in [2.45, 2.75) is 20.8 Å². The van der Waals surface area contributed by atoms with Crippen LogP contribution in [0.1, 0.15) is 37.0 Å². The number of fused-ring (bicyclic) bond motifs is 1. The first kappa shape index (κ1) is 21.5. The number of nitrogens with one attached hydrogen (secondary N) is 1. The number of benzene rings is 2. The summed E-state index contributed by atoms with van der Waals surface area (Å²) >= 11 is 1.33. The third-order valence-electron chi connectivity index (χ3n) is 5.33. The number of methoxy groups -OCH3 is 1. The molecular formula is C24H21N3O4S. The van der Waals surface area contributed by atoms with Crippen molar-refractivity contribution in [2.75, 3.05) is 12.4 Å². The maximum Gasteiger partial charge on any atom is 0.341 e. The molecule has 8 heteroatoms. The maximum absolute atomic E-state index is 13.0. The number of amides is 1. The van der Waals surface area contributed by atoms with Crippen molar-refractivity contribution in [1.29, 1.82) is 0 Å². The lowest BCUT2D eigenvalue weighted by Gasteiger charge is -2.11. The van der Waals surface area contributed by atoms with E-state index in [1.165, 1.54) is 23.0 Å². The minimum atomic E-state index is -0.490. The van der Waals surface area contributed by atoms with Crippen molar-refractivity contribution >= 4 is 39.1 Å². The number of hydrogen-bond donors (Lipinski definition) is 1. The fourth-order valence-corrected chi connectivity index (χ4v) is 4.59. The molecule has 0 radical (unpaired) electrons. The molecule has 4 rings (SSSR count). The summed E-state index contributed by atoms with van der Waals surface area (Å²) in [5.74, 6) is -0.294. The van der Waals surface area contributed by atoms with Crippen LogP contribution in [0.25, 0.3) is 16.6 Å². The number of thiophene rings is 1. The molecule has 2 aromatic heterocycles. The molecule has 4 aromatic rings. The Morgan fingerprint density at radius 3 is 2.41 bits per heavy atom. The summed E-state index contributed by atoms with van der Waals surface area (Å²) < 4.78 is 6.37. The molecular weight excluding hydrogens is 426 g/mol. The number of anilines is 1. The Morgan fingerprint density at radius 1 is 1.03 bits per heavy atom. The van der Waals surface area contributed by atoms with Crippen molar-refractivity contribution in [3.05, 3.63) is 86.3 Å². The molecule has 0 spiro atoms. The zero-order valence-electron chi connectivity index (χ0n) is 18.1. The van der Waals surface area contributed by atoms with E-state index in [9.17, 15) is 14.4 Å². The average molecular weight is 448 g/mol. The van der Waals surface area contributed by atoms with Crippen molar-refractivity contribution in [3.63, 3.8) is 0 Å². The molecule has 0 bridgehead atoms. The van der Waals surface area contributed by atoms with Gasteiger partial charge in [0.1, 0.15) is 10.8 Å². The molecule has 0 saturated heterocycles. The molecule has 2 heterocycles. The number of aryl methyl sites for hydroxylation is 2. The molecule has 7 nitrogen and oxygen atoms in total. The van der Waals surface area contributed by atoms with Crippen molar-refractivity contribution in [2.24, 2.45) is 0 Å². The number of esters is 1. The SMILES string of the molecule is COC(=O)c1c(NC(=O)c2ccc(-n3c(C)nc4ccccc4c3=O)cc2)sc(C)c1C. The van der Waals surface area contributed by atoms with E-state index >= 15 is 0 Å². The number of ether oxygens (including phenoxy) is 1. The largest absolute Gasteiger partial charge is 0.465 e. The molecule has 162 valence electrons. The van der Waals surface area contributed by atoms with E-state index in [4.69, 9.17) is 4.74 Å². The van der Waals surface area contributed by atoms with Crippen molar-refractivity contribution in [3.8, 4) is 5.69 Å². The van der Waals surface area contributed by atoms with Gasteiger partial charge >= 0.3 is 5.97 Å². The van der Waals surface area contributed by atoms with Crippen LogP contribution < -0.4 is 10.9 Å². The van der Waals surface area contributed by atoms with Gasteiger partial charge in [0.25, 0.3) is 11.5 Å². The first-order valence-corrected chi connectivity index (χ1v) is 10.7. The Morgan fingerprint density at radius 2 is 1.72 bits per heavy atom. The summed E-state index contributed by atoms with van der Waals surface area (Å²) in [5, 5.41) is 3.78. The first-order valence-electron chi connectivity index (χ1n) is 9.90. The standard InChI is InChI=1S/C24H21N3O4S/c1-13-14(2)32-22(20(13)24(30)31-4)26-21(28)16-9-11-17(12-10-16)27-15(3)25-19-8-6-5-7-18(19)23(27)29/h5-12H,1-4H3,(H,26,28). The van der Waals surface area contributed by atoms with Gasteiger partial charge in [-0.25, -0.2) is 9.78 Å². The summed E-state index contributed by atoms with van der Waals surface area (Å²) in [6, 6.07) is 13.9. The van der Waals surface area contributed by atoms with Gasteiger partial charge in [-0.2, -0.15) is 0 Å². The number of carbonyl (C=O) groups is 2. The van der Waals surface area contributed by atoms with E-state index in [1.54, 1.807) is 49.4 Å². The quantitative estimate of drug-likeness (QED) is 0.468. The van der Waals surface area contributed by atoms with Crippen LogP contribution in [0.15, 0.2) is 53.3 Å². The monoisotopic (exact) mass is 447 g/mol. The van der Waals surface area contributed by atoms with Crippen LogP contribution >= 0.6 is 11.3 Å². The van der Waals surface area contributed by atoms with Gasteiger partial charge in [-0.05, 0) is 62.7 Å². The Kier molecular flexibility index (Phi) is 5.63. The van der Waals surface area contributed by atoms with E-state index in [-0.39, 0.29) is 11.5 Å². The number of hydrogen-bond acceptors (Lipinski definition) is 6. The summed E-state index contributed by atoms with van der Waals surface area (Å²) in [7, 11) is 1.31. The summed E-state index contributed by atoms with van der Waals surface area (Å²) in [5.41, 5.74) is 2.63. The smallest absolute Gasteiger partial charge is 0.341 e. The van der Waals surface area contributed by atoms with Crippen LogP contribution in [0, 0.1) is 20.8 Å². The summed E-state index contributed by atoms with van der Waals surface area (Å²) in [6.07, 6.45) is 0. The van der Waals surface area contributed by atoms with E-state index in [1.807, 2.05) is 19.9 Å². The highest BCUT2D eigenvalue weighted by Crippen LogP contribution is 2.33. The average Bonchev–Trinajstić information content (AvgIpc) is 3.06. The zero-order chi connectivity index (χ0) is 23.0. The molecule has 0 atom stereocenters.